The maximum Gasteiger partial charge on any atom is 0.422 e. The van der Waals surface area contributed by atoms with Crippen LogP contribution < -0.4 is 5.32 Å². The number of hydrogen-bond acceptors (Lipinski definition) is 5. The highest BCUT2D eigenvalue weighted by atomic mass is 19.4. The quantitative estimate of drug-likeness (QED) is 0.534. The lowest BCUT2D eigenvalue weighted by atomic mass is 9.78. The zero-order valence-electron chi connectivity index (χ0n) is 16.1. The summed E-state index contributed by atoms with van der Waals surface area (Å²) in [6.07, 6.45) is -9.86. The molecule has 5 nitrogen and oxygen atoms in total. The minimum absolute atomic E-state index is 0.269. The van der Waals surface area contributed by atoms with E-state index in [0.29, 0.717) is 6.07 Å². The van der Waals surface area contributed by atoms with Gasteiger partial charge in [0, 0.05) is 5.70 Å². The Balaban J connectivity index is 2.76. The highest BCUT2D eigenvalue weighted by Gasteiger charge is 2.44. The number of methoxy groups -OCH3 is 1. The number of alkyl halides is 7. The van der Waals surface area contributed by atoms with Crippen LogP contribution in [0, 0.1) is 0 Å². The average Bonchev–Trinajstić information content (AvgIpc) is 2.69. The fourth-order valence-corrected chi connectivity index (χ4v) is 3.17. The predicted molar refractivity (Wildman–Crippen MR) is 92.1 cm³/mol. The summed E-state index contributed by atoms with van der Waals surface area (Å²) in [7, 11) is 0.880. The number of dihydropyridines is 1. The Hall–Kier alpha value is -3.05. The first-order valence-corrected chi connectivity index (χ1v) is 8.57. The second-order valence-electron chi connectivity index (χ2n) is 6.39. The van der Waals surface area contributed by atoms with Crippen molar-refractivity contribution in [2.45, 2.75) is 25.2 Å². The average molecular weight is 455 g/mol. The third kappa shape index (κ3) is 5.36. The van der Waals surface area contributed by atoms with Gasteiger partial charge in [-0.15, -0.1) is 0 Å². The number of ether oxygens (including phenoxy) is 2. The molecule has 1 aliphatic heterocycles. The van der Waals surface area contributed by atoms with E-state index in [2.05, 4.69) is 14.8 Å². The lowest BCUT2D eigenvalue weighted by molar-refractivity contribution is -0.183. The molecule has 1 N–H and O–H groups in total. The van der Waals surface area contributed by atoms with Crippen LogP contribution in [0.3, 0.4) is 0 Å². The van der Waals surface area contributed by atoms with E-state index in [1.807, 2.05) is 0 Å². The SMILES string of the molecule is COC(=O)C1=C(CF)NC(C)=C(C(=O)OCC(F)(F)F)C1c1ccccc1C(F)(F)F. The molecule has 170 valence electrons. The van der Waals surface area contributed by atoms with Crippen molar-refractivity contribution >= 4 is 11.9 Å². The van der Waals surface area contributed by atoms with E-state index in [4.69, 9.17) is 0 Å². The van der Waals surface area contributed by atoms with E-state index >= 15 is 0 Å². The van der Waals surface area contributed by atoms with Crippen molar-refractivity contribution in [1.29, 1.82) is 0 Å². The number of halogens is 7. The molecule has 1 heterocycles. The van der Waals surface area contributed by atoms with Gasteiger partial charge in [0.25, 0.3) is 0 Å². The number of esters is 2. The summed E-state index contributed by atoms with van der Waals surface area (Å²) >= 11 is 0. The minimum atomic E-state index is -4.95. The van der Waals surface area contributed by atoms with Crippen molar-refractivity contribution in [3.05, 3.63) is 57.9 Å². The Morgan fingerprint density at radius 1 is 1.03 bits per heavy atom. The molecule has 0 bridgehead atoms. The topological polar surface area (TPSA) is 64.6 Å². The first-order valence-electron chi connectivity index (χ1n) is 8.57. The molecule has 0 saturated heterocycles. The molecule has 0 radical (unpaired) electrons. The fraction of sp³-hybridized carbons (Fsp3) is 0.368. The van der Waals surface area contributed by atoms with E-state index in [1.165, 1.54) is 6.07 Å². The summed E-state index contributed by atoms with van der Waals surface area (Å²) in [4.78, 5) is 24.8. The molecule has 2 rings (SSSR count). The highest BCUT2D eigenvalue weighted by molar-refractivity contribution is 6.00. The third-order valence-corrected chi connectivity index (χ3v) is 4.35. The second kappa shape index (κ2) is 8.98. The molecular formula is C19H16F7NO4. The Labute approximate surface area is 171 Å². The predicted octanol–water partition coefficient (Wildman–Crippen LogP) is 4.17. The van der Waals surface area contributed by atoms with E-state index in [9.17, 15) is 40.3 Å². The fourth-order valence-electron chi connectivity index (χ4n) is 3.17. The van der Waals surface area contributed by atoms with Gasteiger partial charge in [-0.3, -0.25) is 0 Å². The number of nitrogens with one attached hydrogen (secondary N) is 1. The zero-order chi connectivity index (χ0) is 23.6. The molecule has 1 aromatic rings. The van der Waals surface area contributed by atoms with Crippen molar-refractivity contribution in [2.24, 2.45) is 0 Å². The molecule has 1 unspecified atom stereocenters. The van der Waals surface area contributed by atoms with Gasteiger partial charge < -0.3 is 14.8 Å². The standard InChI is InChI=1S/C19H16F7NO4/c1-9-13(17(29)31-8-18(21,22)23)14(15(16(28)30-2)12(7-20)27-9)10-5-3-4-6-11(10)19(24,25)26/h3-6,14,27H,7-8H2,1-2H3. The van der Waals surface area contributed by atoms with Gasteiger partial charge in [0.05, 0.1) is 35.4 Å². The van der Waals surface area contributed by atoms with Crippen molar-refractivity contribution in [2.75, 3.05) is 20.4 Å². The molecule has 0 spiro atoms. The van der Waals surface area contributed by atoms with Crippen LogP contribution in [-0.2, 0) is 25.2 Å². The van der Waals surface area contributed by atoms with Crippen LogP contribution in [0.5, 0.6) is 0 Å². The first kappa shape index (κ1) is 24.2. The normalized spacial score (nSPS) is 17.4. The van der Waals surface area contributed by atoms with Gasteiger partial charge in [0.15, 0.2) is 6.61 Å². The molecule has 31 heavy (non-hydrogen) atoms. The van der Waals surface area contributed by atoms with E-state index in [0.717, 1.165) is 26.2 Å². The van der Waals surface area contributed by atoms with Crippen LogP contribution in [0.1, 0.15) is 24.0 Å². The van der Waals surface area contributed by atoms with Crippen molar-refractivity contribution in [3.8, 4) is 0 Å². The summed E-state index contributed by atoms with van der Waals surface area (Å²) in [6, 6.07) is 3.81. The molecule has 0 aliphatic carbocycles. The van der Waals surface area contributed by atoms with E-state index < -0.39 is 71.5 Å². The van der Waals surface area contributed by atoms with Gasteiger partial charge in [-0.2, -0.15) is 26.3 Å². The van der Waals surface area contributed by atoms with E-state index in [-0.39, 0.29) is 5.70 Å². The van der Waals surface area contributed by atoms with Gasteiger partial charge in [-0.1, -0.05) is 18.2 Å². The molecular weight excluding hydrogens is 439 g/mol. The maximum atomic E-state index is 13.6. The van der Waals surface area contributed by atoms with E-state index in [1.54, 1.807) is 0 Å². The van der Waals surface area contributed by atoms with Gasteiger partial charge in [0.2, 0.25) is 0 Å². The molecule has 0 saturated carbocycles. The lowest BCUT2D eigenvalue weighted by Crippen LogP contribution is -2.35. The Morgan fingerprint density at radius 2 is 1.65 bits per heavy atom. The molecule has 0 fully saturated rings. The first-order chi connectivity index (χ1) is 14.3. The highest BCUT2D eigenvalue weighted by Crippen LogP contribution is 2.44. The summed E-state index contributed by atoms with van der Waals surface area (Å²) in [5, 5.41) is 2.34. The van der Waals surface area contributed by atoms with Gasteiger partial charge in [0.1, 0.15) is 6.67 Å². The Bertz CT molecular complexity index is 932. The van der Waals surface area contributed by atoms with Crippen molar-refractivity contribution in [1.82, 2.24) is 5.32 Å². The van der Waals surface area contributed by atoms with Crippen molar-refractivity contribution in [3.63, 3.8) is 0 Å². The number of allylic oxidation sites excluding steroid dienone is 2. The largest absolute Gasteiger partial charge is 0.466 e. The smallest absolute Gasteiger partial charge is 0.422 e. The third-order valence-electron chi connectivity index (χ3n) is 4.35. The van der Waals surface area contributed by atoms with Crippen LogP contribution in [0.25, 0.3) is 0 Å². The molecule has 12 heteroatoms. The summed E-state index contributed by atoms with van der Waals surface area (Å²) in [5.74, 6) is -4.78. The van der Waals surface area contributed by atoms with Gasteiger partial charge >= 0.3 is 24.3 Å². The number of hydrogen-bond donors (Lipinski definition) is 1. The van der Waals surface area contributed by atoms with Crippen LogP contribution in [0.15, 0.2) is 46.8 Å². The number of carbonyl (C=O) groups excluding carboxylic acids is 2. The molecule has 0 amide bonds. The number of rotatable bonds is 5. The zero-order valence-corrected chi connectivity index (χ0v) is 16.1. The summed E-state index contributed by atoms with van der Waals surface area (Å²) in [5.41, 5.74) is -4.07. The van der Waals surface area contributed by atoms with Crippen LogP contribution in [0.2, 0.25) is 0 Å². The number of carbonyl (C=O) groups is 2. The van der Waals surface area contributed by atoms with Crippen molar-refractivity contribution < 1.29 is 49.8 Å². The number of benzene rings is 1. The second-order valence-corrected chi connectivity index (χ2v) is 6.39. The van der Waals surface area contributed by atoms with Crippen LogP contribution >= 0.6 is 0 Å². The molecule has 1 atom stereocenters. The maximum absolute atomic E-state index is 13.6. The van der Waals surface area contributed by atoms with Crippen LogP contribution in [0.4, 0.5) is 30.7 Å². The van der Waals surface area contributed by atoms with Crippen LogP contribution in [-0.4, -0.2) is 38.5 Å². The molecule has 0 aromatic heterocycles. The lowest BCUT2D eigenvalue weighted by Gasteiger charge is -2.32. The summed E-state index contributed by atoms with van der Waals surface area (Å²) < 4.78 is 101. The molecule has 1 aromatic carbocycles. The monoisotopic (exact) mass is 455 g/mol. The summed E-state index contributed by atoms with van der Waals surface area (Å²) in [6.45, 7) is -2.22. The minimum Gasteiger partial charge on any atom is -0.466 e. The molecule has 1 aliphatic rings. The van der Waals surface area contributed by atoms with Gasteiger partial charge in [-0.25, -0.2) is 14.0 Å². The Morgan fingerprint density at radius 3 is 2.16 bits per heavy atom. The van der Waals surface area contributed by atoms with Gasteiger partial charge in [-0.05, 0) is 18.6 Å². The Kier molecular flexibility index (Phi) is 7.02.